The lowest BCUT2D eigenvalue weighted by atomic mass is 9.81. The van der Waals surface area contributed by atoms with E-state index >= 15 is 0 Å². The summed E-state index contributed by atoms with van der Waals surface area (Å²) in [7, 11) is 0. The Morgan fingerprint density at radius 3 is 2.17 bits per heavy atom. The van der Waals surface area contributed by atoms with Crippen LogP contribution in [0.3, 0.4) is 0 Å². The average Bonchev–Trinajstić information content (AvgIpc) is 2.18. The Labute approximate surface area is 106 Å². The molecule has 0 radical (unpaired) electrons. The number of alkyl carbamates (subject to hydrolysis) is 1. The Bertz CT molecular complexity index is 359. The lowest BCUT2D eigenvalue weighted by Crippen LogP contribution is -2.57. The highest BCUT2D eigenvalue weighted by Gasteiger charge is 2.43. The van der Waals surface area contributed by atoms with Crippen molar-refractivity contribution in [1.29, 1.82) is 0 Å². The fourth-order valence-electron chi connectivity index (χ4n) is 1.85. The number of nitrogens with one attached hydrogen (secondary N) is 1. The molecule has 1 aliphatic carbocycles. The maximum atomic E-state index is 11.6. The van der Waals surface area contributed by atoms with Crippen LogP contribution in [-0.4, -0.2) is 34.1 Å². The van der Waals surface area contributed by atoms with Crippen LogP contribution in [0.1, 0.15) is 46.5 Å². The first-order valence-electron chi connectivity index (χ1n) is 5.91. The minimum atomic E-state index is -1.38. The van der Waals surface area contributed by atoms with Gasteiger partial charge < -0.3 is 15.2 Å². The summed E-state index contributed by atoms with van der Waals surface area (Å²) in [6.45, 7) is 5.10. The fraction of sp³-hybridized carbons (Fsp3) is 0.750. The molecule has 1 amide bonds. The summed E-state index contributed by atoms with van der Waals surface area (Å²) in [5, 5.41) is 11.6. The topological polar surface area (TPSA) is 92.7 Å². The van der Waals surface area contributed by atoms with E-state index in [1.807, 2.05) is 0 Å². The van der Waals surface area contributed by atoms with Gasteiger partial charge in [0.1, 0.15) is 16.9 Å². The fourth-order valence-corrected chi connectivity index (χ4v) is 1.85. The van der Waals surface area contributed by atoms with E-state index in [2.05, 4.69) is 5.32 Å². The van der Waals surface area contributed by atoms with Crippen LogP contribution in [0.5, 0.6) is 0 Å². The second-order valence-corrected chi connectivity index (χ2v) is 5.55. The number of carboxylic acids is 1. The van der Waals surface area contributed by atoms with Gasteiger partial charge in [0.15, 0.2) is 0 Å². The largest absolute Gasteiger partial charge is 0.480 e. The molecule has 0 aliphatic heterocycles. The number of ketones is 1. The van der Waals surface area contributed by atoms with Crippen molar-refractivity contribution < 1.29 is 24.2 Å². The molecular weight excluding hydrogens is 238 g/mol. The number of amides is 1. The van der Waals surface area contributed by atoms with Crippen molar-refractivity contribution in [1.82, 2.24) is 5.32 Å². The molecule has 18 heavy (non-hydrogen) atoms. The molecule has 0 aromatic rings. The van der Waals surface area contributed by atoms with Gasteiger partial charge in [-0.2, -0.15) is 0 Å². The van der Waals surface area contributed by atoms with Crippen molar-refractivity contribution in [2.75, 3.05) is 0 Å². The zero-order valence-electron chi connectivity index (χ0n) is 10.9. The van der Waals surface area contributed by atoms with E-state index in [0.717, 1.165) is 0 Å². The molecule has 0 bridgehead atoms. The highest BCUT2D eigenvalue weighted by Crippen LogP contribution is 2.27. The van der Waals surface area contributed by atoms with Crippen molar-refractivity contribution in [2.24, 2.45) is 0 Å². The van der Waals surface area contributed by atoms with Crippen molar-refractivity contribution >= 4 is 17.8 Å². The number of rotatable bonds is 2. The summed E-state index contributed by atoms with van der Waals surface area (Å²) in [6, 6.07) is 0. The first kappa shape index (κ1) is 14.5. The number of aliphatic carboxylic acids is 1. The SMILES string of the molecule is CC(C)(C)OC(=O)NC1(C(=O)O)CCC(=O)CC1. The van der Waals surface area contributed by atoms with Gasteiger partial charge in [-0.05, 0) is 33.6 Å². The van der Waals surface area contributed by atoms with Gasteiger partial charge in [-0.25, -0.2) is 9.59 Å². The zero-order valence-corrected chi connectivity index (χ0v) is 10.9. The highest BCUT2D eigenvalue weighted by molar-refractivity contribution is 5.89. The molecule has 0 aromatic carbocycles. The molecule has 1 saturated carbocycles. The minimum Gasteiger partial charge on any atom is -0.480 e. The second-order valence-electron chi connectivity index (χ2n) is 5.55. The van der Waals surface area contributed by atoms with Gasteiger partial charge in [-0.15, -0.1) is 0 Å². The molecule has 1 rings (SSSR count). The van der Waals surface area contributed by atoms with Crippen LogP contribution in [0.4, 0.5) is 4.79 Å². The van der Waals surface area contributed by atoms with Gasteiger partial charge >= 0.3 is 12.1 Å². The molecule has 0 saturated heterocycles. The lowest BCUT2D eigenvalue weighted by Gasteiger charge is -2.34. The number of carboxylic acid groups (broad SMARTS) is 1. The molecule has 2 N–H and O–H groups in total. The van der Waals surface area contributed by atoms with Crippen molar-refractivity contribution in [3.05, 3.63) is 0 Å². The number of Topliss-reactive ketones (excluding diaryl/α,β-unsaturated/α-hetero) is 1. The first-order chi connectivity index (χ1) is 8.15. The summed E-state index contributed by atoms with van der Waals surface area (Å²) in [4.78, 5) is 34.1. The molecular formula is C12H19NO5. The van der Waals surface area contributed by atoms with Crippen LogP contribution in [0, 0.1) is 0 Å². The normalized spacial score (nSPS) is 19.2. The van der Waals surface area contributed by atoms with Gasteiger partial charge in [-0.1, -0.05) is 0 Å². The molecule has 1 aliphatic rings. The van der Waals surface area contributed by atoms with Crippen LogP contribution in [0.2, 0.25) is 0 Å². The number of carbonyl (C=O) groups excluding carboxylic acids is 2. The Morgan fingerprint density at radius 1 is 1.28 bits per heavy atom. The Morgan fingerprint density at radius 2 is 1.78 bits per heavy atom. The van der Waals surface area contributed by atoms with Gasteiger partial charge in [0.2, 0.25) is 0 Å². The summed E-state index contributed by atoms with van der Waals surface area (Å²) >= 11 is 0. The molecule has 6 nitrogen and oxygen atoms in total. The van der Waals surface area contributed by atoms with E-state index < -0.39 is 23.2 Å². The minimum absolute atomic E-state index is 0.0258. The standard InChI is InChI=1S/C12H19NO5/c1-11(2,3)18-10(17)13-12(9(15)16)6-4-8(14)5-7-12/h4-7H2,1-3H3,(H,13,17)(H,15,16). The molecule has 1 fully saturated rings. The second kappa shape index (κ2) is 4.96. The number of hydrogen-bond donors (Lipinski definition) is 2. The molecule has 6 heteroatoms. The molecule has 0 spiro atoms. The van der Waals surface area contributed by atoms with Crippen LogP contribution in [-0.2, 0) is 14.3 Å². The van der Waals surface area contributed by atoms with Gasteiger partial charge in [0, 0.05) is 12.8 Å². The lowest BCUT2D eigenvalue weighted by molar-refractivity contribution is -0.147. The van der Waals surface area contributed by atoms with Crippen LogP contribution < -0.4 is 5.32 Å². The van der Waals surface area contributed by atoms with Crippen molar-refractivity contribution in [3.63, 3.8) is 0 Å². The Kier molecular flexibility index (Phi) is 3.98. The van der Waals surface area contributed by atoms with Crippen LogP contribution in [0.15, 0.2) is 0 Å². The number of carbonyl (C=O) groups is 3. The van der Waals surface area contributed by atoms with Crippen molar-refractivity contribution in [2.45, 2.75) is 57.6 Å². The van der Waals surface area contributed by atoms with E-state index in [4.69, 9.17) is 4.74 Å². The quantitative estimate of drug-likeness (QED) is 0.781. The summed E-state index contributed by atoms with van der Waals surface area (Å²) in [5.41, 5.74) is -2.06. The number of ether oxygens (including phenoxy) is 1. The highest BCUT2D eigenvalue weighted by atomic mass is 16.6. The van der Waals surface area contributed by atoms with Gasteiger partial charge in [0.05, 0.1) is 0 Å². The molecule has 0 aromatic heterocycles. The molecule has 102 valence electrons. The molecule has 0 atom stereocenters. The third kappa shape index (κ3) is 3.72. The maximum Gasteiger partial charge on any atom is 0.408 e. The molecule has 0 unspecified atom stereocenters. The predicted molar refractivity (Wildman–Crippen MR) is 63.2 cm³/mol. The van der Waals surface area contributed by atoms with E-state index in [-0.39, 0.29) is 31.5 Å². The number of hydrogen-bond acceptors (Lipinski definition) is 4. The van der Waals surface area contributed by atoms with E-state index in [1.165, 1.54) is 0 Å². The van der Waals surface area contributed by atoms with E-state index in [9.17, 15) is 19.5 Å². The Balaban J connectivity index is 2.72. The summed E-state index contributed by atoms with van der Waals surface area (Å²) < 4.78 is 5.04. The summed E-state index contributed by atoms with van der Waals surface area (Å²) in [5.74, 6) is -1.10. The maximum absolute atomic E-state index is 11.6. The predicted octanol–water partition coefficient (Wildman–Crippen LogP) is 1.48. The van der Waals surface area contributed by atoms with Crippen molar-refractivity contribution in [3.8, 4) is 0 Å². The zero-order chi connectivity index (χ0) is 14.0. The van der Waals surface area contributed by atoms with Gasteiger partial charge in [0.25, 0.3) is 0 Å². The summed E-state index contributed by atoms with van der Waals surface area (Å²) in [6.07, 6.45) is -0.204. The van der Waals surface area contributed by atoms with Crippen LogP contribution >= 0.6 is 0 Å². The third-order valence-electron chi connectivity index (χ3n) is 2.81. The van der Waals surface area contributed by atoms with E-state index in [0.29, 0.717) is 0 Å². The smallest absolute Gasteiger partial charge is 0.408 e. The third-order valence-corrected chi connectivity index (χ3v) is 2.81. The first-order valence-corrected chi connectivity index (χ1v) is 5.91. The van der Waals surface area contributed by atoms with E-state index in [1.54, 1.807) is 20.8 Å². The Hall–Kier alpha value is -1.59. The average molecular weight is 257 g/mol. The monoisotopic (exact) mass is 257 g/mol. The van der Waals surface area contributed by atoms with Gasteiger partial charge in [-0.3, -0.25) is 4.79 Å². The molecule has 0 heterocycles. The van der Waals surface area contributed by atoms with Crippen LogP contribution in [0.25, 0.3) is 0 Å².